The highest BCUT2D eigenvalue weighted by atomic mass is 79.9. The molecule has 1 aromatic heterocycles. The monoisotopic (exact) mass is 256 g/mol. The Bertz CT molecular complexity index is 176. The van der Waals surface area contributed by atoms with Gasteiger partial charge in [0, 0.05) is 16.1 Å². The van der Waals surface area contributed by atoms with E-state index in [0.29, 0.717) is 0 Å². The lowest BCUT2D eigenvalue weighted by Crippen LogP contribution is -1.71. The summed E-state index contributed by atoms with van der Waals surface area (Å²) >= 11 is 7.85. The van der Waals surface area contributed by atoms with Crippen LogP contribution in [0.15, 0.2) is 9.98 Å². The van der Waals surface area contributed by atoms with Gasteiger partial charge in [-0.05, 0) is 15.9 Å². The van der Waals surface area contributed by atoms with E-state index < -0.39 is 0 Å². The molecule has 1 rings (SSSR count). The van der Waals surface area contributed by atoms with Crippen molar-refractivity contribution in [1.82, 2.24) is 4.98 Å². The van der Waals surface area contributed by atoms with Crippen molar-refractivity contribution in [3.05, 3.63) is 9.98 Å². The van der Waals surface area contributed by atoms with Crippen LogP contribution in [-0.2, 0) is 0 Å². The van der Waals surface area contributed by atoms with Crippen LogP contribution in [0.2, 0.25) is 0 Å². The molecule has 0 aliphatic heterocycles. The van der Waals surface area contributed by atoms with Crippen LogP contribution in [0.4, 0.5) is 5.13 Å². The van der Waals surface area contributed by atoms with Crippen LogP contribution in [0, 0.1) is 0 Å². The number of rotatable bonds is 1. The summed E-state index contributed by atoms with van der Waals surface area (Å²) in [5.74, 6) is 0. The summed E-state index contributed by atoms with van der Waals surface area (Å²) in [6, 6.07) is 0. The standard InChI is InChI=1S/C3H2Br2N2S/c4-2-1-6-3(7-5)8-2/h1H,(H,6,7). The minimum Gasteiger partial charge on any atom is -0.298 e. The number of hydrogen-bond donors (Lipinski definition) is 1. The molecule has 1 N–H and O–H groups in total. The molecule has 0 amide bonds. The number of anilines is 1. The van der Waals surface area contributed by atoms with Gasteiger partial charge in [-0.3, -0.25) is 4.34 Å². The molecule has 8 heavy (non-hydrogen) atoms. The first-order chi connectivity index (χ1) is 3.83. The molecule has 0 aliphatic rings. The van der Waals surface area contributed by atoms with Crippen LogP contribution in [-0.4, -0.2) is 4.98 Å². The van der Waals surface area contributed by atoms with Crippen molar-refractivity contribution in [2.24, 2.45) is 0 Å². The van der Waals surface area contributed by atoms with Crippen LogP contribution in [0.1, 0.15) is 0 Å². The Morgan fingerprint density at radius 3 is 2.75 bits per heavy atom. The predicted octanol–water partition coefficient (Wildman–Crippen LogP) is 2.63. The lowest BCUT2D eigenvalue weighted by Gasteiger charge is -1.81. The zero-order valence-corrected chi connectivity index (χ0v) is 7.68. The molecular weight excluding hydrogens is 256 g/mol. The lowest BCUT2D eigenvalue weighted by molar-refractivity contribution is 1.42. The van der Waals surface area contributed by atoms with Gasteiger partial charge in [-0.2, -0.15) is 0 Å². The van der Waals surface area contributed by atoms with Crippen molar-refractivity contribution in [1.29, 1.82) is 0 Å². The van der Waals surface area contributed by atoms with E-state index in [4.69, 9.17) is 0 Å². The molecule has 0 aromatic carbocycles. The Labute approximate surface area is 67.8 Å². The predicted molar refractivity (Wildman–Crippen MR) is 42.4 cm³/mol. The maximum absolute atomic E-state index is 3.95. The molecule has 44 valence electrons. The highest BCUT2D eigenvalue weighted by molar-refractivity contribution is 9.11. The number of thiazole rings is 1. The lowest BCUT2D eigenvalue weighted by atomic mass is 11.0. The van der Waals surface area contributed by atoms with Crippen molar-refractivity contribution >= 4 is 48.5 Å². The Balaban J connectivity index is 2.84. The zero-order valence-electron chi connectivity index (χ0n) is 3.69. The van der Waals surface area contributed by atoms with E-state index in [1.807, 2.05) is 0 Å². The molecule has 0 fully saturated rings. The summed E-state index contributed by atoms with van der Waals surface area (Å²) in [5, 5.41) is 0.858. The van der Waals surface area contributed by atoms with E-state index in [2.05, 4.69) is 41.4 Å². The van der Waals surface area contributed by atoms with Gasteiger partial charge in [0.1, 0.15) is 0 Å². The van der Waals surface area contributed by atoms with E-state index in [1.54, 1.807) is 6.20 Å². The fourth-order valence-corrected chi connectivity index (χ4v) is 1.64. The van der Waals surface area contributed by atoms with Crippen molar-refractivity contribution in [2.45, 2.75) is 0 Å². The molecule has 0 spiro atoms. The summed E-state index contributed by atoms with van der Waals surface area (Å²) in [7, 11) is 0. The molecule has 0 aliphatic carbocycles. The van der Waals surface area contributed by atoms with Crippen molar-refractivity contribution < 1.29 is 0 Å². The fraction of sp³-hybridized carbons (Fsp3) is 0. The number of aromatic nitrogens is 1. The van der Waals surface area contributed by atoms with Crippen LogP contribution >= 0.6 is 43.4 Å². The molecule has 2 nitrogen and oxygen atoms in total. The molecular formula is C3H2Br2N2S. The smallest absolute Gasteiger partial charge is 0.193 e. The average Bonchev–Trinajstić information content (AvgIpc) is 2.14. The van der Waals surface area contributed by atoms with Gasteiger partial charge in [0.05, 0.1) is 9.98 Å². The SMILES string of the molecule is BrNc1ncc(Br)s1. The molecule has 0 radical (unpaired) electrons. The molecule has 0 bridgehead atoms. The number of hydrogen-bond acceptors (Lipinski definition) is 3. The van der Waals surface area contributed by atoms with Gasteiger partial charge in [0.2, 0.25) is 0 Å². The van der Waals surface area contributed by atoms with Gasteiger partial charge in [0.25, 0.3) is 0 Å². The zero-order chi connectivity index (χ0) is 5.98. The van der Waals surface area contributed by atoms with Crippen molar-refractivity contribution in [3.8, 4) is 0 Å². The van der Waals surface area contributed by atoms with Crippen LogP contribution in [0.25, 0.3) is 0 Å². The molecule has 1 heterocycles. The third kappa shape index (κ3) is 1.43. The fourth-order valence-electron chi connectivity index (χ4n) is 0.298. The summed E-state index contributed by atoms with van der Waals surface area (Å²) in [5.41, 5.74) is 0. The first-order valence-corrected chi connectivity index (χ1v) is 4.21. The Morgan fingerprint density at radius 1 is 1.75 bits per heavy atom. The minimum atomic E-state index is 0.858. The van der Waals surface area contributed by atoms with Crippen molar-refractivity contribution in [2.75, 3.05) is 4.34 Å². The van der Waals surface area contributed by atoms with Crippen molar-refractivity contribution in [3.63, 3.8) is 0 Å². The van der Waals surface area contributed by atoms with Crippen LogP contribution in [0.5, 0.6) is 0 Å². The maximum atomic E-state index is 3.95. The number of nitrogens with zero attached hydrogens (tertiary/aromatic N) is 1. The first kappa shape index (κ1) is 6.51. The second-order valence-corrected chi connectivity index (χ2v) is 3.87. The van der Waals surface area contributed by atoms with Crippen LogP contribution < -0.4 is 4.34 Å². The van der Waals surface area contributed by atoms with E-state index in [0.717, 1.165) is 8.92 Å². The Kier molecular flexibility index (Phi) is 2.27. The largest absolute Gasteiger partial charge is 0.298 e. The normalized spacial score (nSPS) is 9.25. The second kappa shape index (κ2) is 2.80. The summed E-state index contributed by atoms with van der Waals surface area (Å²) in [4.78, 5) is 3.95. The summed E-state index contributed by atoms with van der Waals surface area (Å²) in [6.45, 7) is 0. The average molecular weight is 258 g/mol. The van der Waals surface area contributed by atoms with Gasteiger partial charge in [-0.25, -0.2) is 4.98 Å². The first-order valence-electron chi connectivity index (χ1n) is 1.81. The molecule has 5 heteroatoms. The van der Waals surface area contributed by atoms with E-state index in [1.165, 1.54) is 11.3 Å². The second-order valence-electron chi connectivity index (χ2n) is 1.06. The number of halogens is 2. The van der Waals surface area contributed by atoms with E-state index >= 15 is 0 Å². The maximum Gasteiger partial charge on any atom is 0.193 e. The van der Waals surface area contributed by atoms with Gasteiger partial charge in [-0.15, -0.1) is 0 Å². The summed E-state index contributed by atoms with van der Waals surface area (Å²) < 4.78 is 3.76. The Hall–Kier alpha value is 0.390. The van der Waals surface area contributed by atoms with E-state index in [-0.39, 0.29) is 0 Å². The van der Waals surface area contributed by atoms with Gasteiger partial charge >= 0.3 is 0 Å². The van der Waals surface area contributed by atoms with Gasteiger partial charge in [-0.1, -0.05) is 11.3 Å². The van der Waals surface area contributed by atoms with Gasteiger partial charge in [0.15, 0.2) is 5.13 Å². The molecule has 0 saturated carbocycles. The third-order valence-corrected chi connectivity index (χ3v) is 2.59. The topological polar surface area (TPSA) is 24.9 Å². The molecule has 0 atom stereocenters. The highest BCUT2D eigenvalue weighted by Crippen LogP contribution is 2.23. The quantitative estimate of drug-likeness (QED) is 0.783. The number of nitrogens with one attached hydrogen (secondary N) is 1. The minimum absolute atomic E-state index is 0.858. The van der Waals surface area contributed by atoms with Crippen LogP contribution in [0.3, 0.4) is 0 Å². The highest BCUT2D eigenvalue weighted by Gasteiger charge is 1.93. The molecule has 0 unspecified atom stereocenters. The summed E-state index contributed by atoms with van der Waals surface area (Å²) in [6.07, 6.45) is 1.74. The molecule has 1 aromatic rings. The van der Waals surface area contributed by atoms with Gasteiger partial charge < -0.3 is 0 Å². The Morgan fingerprint density at radius 2 is 2.50 bits per heavy atom. The van der Waals surface area contributed by atoms with E-state index in [9.17, 15) is 0 Å². The molecule has 0 saturated heterocycles. The third-order valence-electron chi connectivity index (χ3n) is 0.558.